The van der Waals surface area contributed by atoms with Gasteiger partial charge in [-0.2, -0.15) is 0 Å². The van der Waals surface area contributed by atoms with Gasteiger partial charge in [0.1, 0.15) is 17.4 Å². The zero-order valence-corrected chi connectivity index (χ0v) is 8.08. The van der Waals surface area contributed by atoms with Crippen LogP contribution >= 0.6 is 0 Å². The summed E-state index contributed by atoms with van der Waals surface area (Å²) in [6, 6.07) is 3.96. The Hall–Kier alpha value is -1.59. The van der Waals surface area contributed by atoms with E-state index in [0.29, 0.717) is 0 Å². The Kier molecular flexibility index (Phi) is 3.28. The smallest absolute Gasteiger partial charge is 0.339 e. The first-order valence-corrected chi connectivity index (χ1v) is 4.36. The van der Waals surface area contributed by atoms with Gasteiger partial charge in [0, 0.05) is 5.56 Å². The van der Waals surface area contributed by atoms with Crippen LogP contribution in [0.1, 0.15) is 28.9 Å². The predicted molar refractivity (Wildman–Crippen MR) is 51.7 cm³/mol. The quantitative estimate of drug-likeness (QED) is 0.585. The number of hydrogen-bond acceptors (Lipinski definition) is 4. The number of aromatic carboxylic acids is 1. The van der Waals surface area contributed by atoms with Gasteiger partial charge < -0.3 is 20.4 Å². The second-order valence-electron chi connectivity index (χ2n) is 3.23. The number of aromatic hydroxyl groups is 1. The van der Waals surface area contributed by atoms with E-state index >= 15 is 0 Å². The fourth-order valence-corrected chi connectivity index (χ4v) is 1.30. The van der Waals surface area contributed by atoms with E-state index in [-0.39, 0.29) is 11.1 Å². The van der Waals surface area contributed by atoms with Crippen molar-refractivity contribution in [3.8, 4) is 5.75 Å². The molecule has 5 nitrogen and oxygen atoms in total. The Labute approximate surface area is 86.2 Å². The van der Waals surface area contributed by atoms with Gasteiger partial charge in [-0.05, 0) is 13.0 Å². The summed E-state index contributed by atoms with van der Waals surface area (Å²) < 4.78 is 0. The van der Waals surface area contributed by atoms with Crippen LogP contribution in [-0.4, -0.2) is 32.5 Å². The molecule has 0 amide bonds. The fourth-order valence-electron chi connectivity index (χ4n) is 1.30. The van der Waals surface area contributed by atoms with E-state index in [1.807, 2.05) is 0 Å². The van der Waals surface area contributed by atoms with Gasteiger partial charge in [0.25, 0.3) is 0 Å². The highest BCUT2D eigenvalue weighted by Gasteiger charge is 2.23. The second-order valence-corrected chi connectivity index (χ2v) is 3.23. The Bertz CT molecular complexity index is 372. The number of benzene rings is 1. The SMILES string of the molecule is CC(O)C(O)c1cccc(O)c1C(=O)O. The predicted octanol–water partition coefficient (Wildman–Crippen LogP) is 0.505. The van der Waals surface area contributed by atoms with Crippen LogP contribution < -0.4 is 0 Å². The molecule has 82 valence electrons. The lowest BCUT2D eigenvalue weighted by Crippen LogP contribution is -2.17. The molecule has 4 N–H and O–H groups in total. The van der Waals surface area contributed by atoms with Crippen molar-refractivity contribution in [2.45, 2.75) is 19.1 Å². The van der Waals surface area contributed by atoms with Crippen LogP contribution in [0.2, 0.25) is 0 Å². The molecule has 1 aromatic carbocycles. The average molecular weight is 212 g/mol. The number of rotatable bonds is 3. The van der Waals surface area contributed by atoms with Gasteiger partial charge in [0.05, 0.1) is 6.10 Å². The monoisotopic (exact) mass is 212 g/mol. The lowest BCUT2D eigenvalue weighted by Gasteiger charge is -2.16. The summed E-state index contributed by atoms with van der Waals surface area (Å²) in [6.07, 6.45) is -2.44. The van der Waals surface area contributed by atoms with Gasteiger partial charge in [0.15, 0.2) is 0 Å². The van der Waals surface area contributed by atoms with Crippen LogP contribution in [0, 0.1) is 0 Å². The topological polar surface area (TPSA) is 98.0 Å². The number of hydrogen-bond donors (Lipinski definition) is 4. The molecule has 0 saturated carbocycles. The normalized spacial score (nSPS) is 14.6. The highest BCUT2D eigenvalue weighted by Crippen LogP contribution is 2.27. The third-order valence-corrected chi connectivity index (χ3v) is 2.06. The molecule has 15 heavy (non-hydrogen) atoms. The molecule has 0 heterocycles. The highest BCUT2D eigenvalue weighted by atomic mass is 16.4. The van der Waals surface area contributed by atoms with E-state index in [4.69, 9.17) is 10.2 Å². The van der Waals surface area contributed by atoms with Crippen molar-refractivity contribution < 1.29 is 25.2 Å². The van der Waals surface area contributed by atoms with Crippen molar-refractivity contribution in [1.29, 1.82) is 0 Å². The number of aliphatic hydroxyl groups is 2. The van der Waals surface area contributed by atoms with Crippen LogP contribution in [0.15, 0.2) is 18.2 Å². The maximum atomic E-state index is 10.8. The number of carbonyl (C=O) groups is 1. The van der Waals surface area contributed by atoms with Crippen molar-refractivity contribution in [3.63, 3.8) is 0 Å². The first-order valence-electron chi connectivity index (χ1n) is 4.36. The molecule has 0 fully saturated rings. The van der Waals surface area contributed by atoms with E-state index in [0.717, 1.165) is 0 Å². The van der Waals surface area contributed by atoms with Crippen LogP contribution in [0.4, 0.5) is 0 Å². The Morgan fingerprint density at radius 3 is 2.40 bits per heavy atom. The molecular weight excluding hydrogens is 200 g/mol. The average Bonchev–Trinajstić information content (AvgIpc) is 2.15. The van der Waals surface area contributed by atoms with Crippen molar-refractivity contribution in [2.24, 2.45) is 0 Å². The number of carboxylic acid groups (broad SMARTS) is 1. The van der Waals surface area contributed by atoms with Crippen molar-refractivity contribution >= 4 is 5.97 Å². The minimum atomic E-state index is -1.34. The summed E-state index contributed by atoms with van der Waals surface area (Å²) in [5, 5.41) is 36.8. The van der Waals surface area contributed by atoms with Gasteiger partial charge in [-0.1, -0.05) is 12.1 Å². The molecule has 0 aliphatic rings. The van der Waals surface area contributed by atoms with E-state index in [9.17, 15) is 15.0 Å². The maximum Gasteiger partial charge on any atom is 0.339 e. The maximum absolute atomic E-state index is 10.8. The standard InChI is InChI=1S/C10H12O5/c1-5(11)9(13)6-3-2-4-7(12)8(6)10(14)15/h2-5,9,11-13H,1H3,(H,14,15). The third-order valence-electron chi connectivity index (χ3n) is 2.06. The summed E-state index contributed by atoms with van der Waals surface area (Å²) >= 11 is 0. The second kappa shape index (κ2) is 4.29. The first kappa shape index (κ1) is 11.5. The molecule has 1 aromatic rings. The Morgan fingerprint density at radius 1 is 1.33 bits per heavy atom. The van der Waals surface area contributed by atoms with Crippen LogP contribution in [0.5, 0.6) is 5.75 Å². The molecule has 2 atom stereocenters. The third kappa shape index (κ3) is 2.26. The molecule has 2 unspecified atom stereocenters. The van der Waals surface area contributed by atoms with Gasteiger partial charge in [-0.3, -0.25) is 0 Å². The van der Waals surface area contributed by atoms with Gasteiger partial charge in [-0.25, -0.2) is 4.79 Å². The molecule has 5 heteroatoms. The molecular formula is C10H12O5. The number of phenols is 1. The van der Waals surface area contributed by atoms with E-state index in [2.05, 4.69) is 0 Å². The molecule has 0 radical (unpaired) electrons. The zero-order valence-electron chi connectivity index (χ0n) is 8.08. The summed E-state index contributed by atoms with van der Waals surface area (Å²) in [4.78, 5) is 10.8. The Morgan fingerprint density at radius 2 is 1.93 bits per heavy atom. The van der Waals surface area contributed by atoms with Crippen molar-refractivity contribution in [2.75, 3.05) is 0 Å². The van der Waals surface area contributed by atoms with Crippen LogP contribution in [-0.2, 0) is 0 Å². The first-order chi connectivity index (χ1) is 6.95. The summed E-state index contributed by atoms with van der Waals surface area (Å²) in [5.74, 6) is -1.78. The van der Waals surface area contributed by atoms with Gasteiger partial charge >= 0.3 is 5.97 Å². The summed E-state index contributed by atoms with van der Waals surface area (Å²) in [7, 11) is 0. The molecule has 0 spiro atoms. The minimum Gasteiger partial charge on any atom is -0.507 e. The lowest BCUT2D eigenvalue weighted by atomic mass is 9.98. The molecule has 0 bridgehead atoms. The molecule has 0 aliphatic heterocycles. The highest BCUT2D eigenvalue weighted by molar-refractivity contribution is 5.92. The van der Waals surface area contributed by atoms with Gasteiger partial charge in [-0.15, -0.1) is 0 Å². The number of carboxylic acids is 1. The van der Waals surface area contributed by atoms with Crippen LogP contribution in [0.3, 0.4) is 0 Å². The zero-order chi connectivity index (χ0) is 11.6. The molecule has 1 rings (SSSR count). The Balaban J connectivity index is 3.29. The van der Waals surface area contributed by atoms with E-state index in [1.54, 1.807) is 0 Å². The minimum absolute atomic E-state index is 0.00231. The molecule has 0 aromatic heterocycles. The summed E-state index contributed by atoms with van der Waals surface area (Å²) in [6.45, 7) is 1.33. The number of aliphatic hydroxyl groups excluding tert-OH is 2. The van der Waals surface area contributed by atoms with Crippen LogP contribution in [0.25, 0.3) is 0 Å². The molecule has 0 aliphatic carbocycles. The van der Waals surface area contributed by atoms with Crippen molar-refractivity contribution in [1.82, 2.24) is 0 Å². The lowest BCUT2D eigenvalue weighted by molar-refractivity contribution is 0.0290. The van der Waals surface area contributed by atoms with Crippen molar-refractivity contribution in [3.05, 3.63) is 29.3 Å². The fraction of sp³-hybridized carbons (Fsp3) is 0.300. The van der Waals surface area contributed by atoms with E-state index in [1.165, 1.54) is 25.1 Å². The van der Waals surface area contributed by atoms with Gasteiger partial charge in [0.2, 0.25) is 0 Å². The largest absolute Gasteiger partial charge is 0.507 e. The summed E-state index contributed by atoms with van der Waals surface area (Å²) in [5.41, 5.74) is -0.386. The van der Waals surface area contributed by atoms with E-state index < -0.39 is 23.9 Å². The molecule has 0 saturated heterocycles.